The maximum Gasteiger partial charge on any atom is 0.125 e. The van der Waals surface area contributed by atoms with Gasteiger partial charge in [0.05, 0.1) is 16.9 Å². The average Bonchev–Trinajstić information content (AvgIpc) is 2.74. The van der Waals surface area contributed by atoms with E-state index in [1.807, 2.05) is 0 Å². The maximum absolute atomic E-state index is 6.15. The summed E-state index contributed by atoms with van der Waals surface area (Å²) in [4.78, 5) is 4.75. The topological polar surface area (TPSA) is 17.8 Å². The van der Waals surface area contributed by atoms with E-state index in [9.17, 15) is 0 Å². The number of hydrogen-bond donors (Lipinski definition) is 0. The fraction of sp³-hybridized carbons (Fsp3) is 0.588. The highest BCUT2D eigenvalue weighted by Crippen LogP contribution is 2.42. The van der Waals surface area contributed by atoms with E-state index in [2.05, 4.69) is 43.5 Å². The molecule has 0 bridgehead atoms. The van der Waals surface area contributed by atoms with E-state index in [0.29, 0.717) is 17.3 Å². The van der Waals surface area contributed by atoms with Crippen molar-refractivity contribution in [3.8, 4) is 0 Å². The minimum atomic E-state index is 0.424. The fourth-order valence-corrected chi connectivity index (χ4v) is 3.83. The number of fused-ring (bicyclic) bond motifs is 1. The van der Waals surface area contributed by atoms with Crippen molar-refractivity contribution in [1.29, 1.82) is 0 Å². The molecule has 0 radical (unpaired) electrons. The summed E-state index contributed by atoms with van der Waals surface area (Å²) < 4.78 is 2.41. The van der Waals surface area contributed by atoms with E-state index >= 15 is 0 Å². The lowest BCUT2D eigenvalue weighted by Crippen LogP contribution is -2.25. The van der Waals surface area contributed by atoms with Crippen molar-refractivity contribution in [3.63, 3.8) is 0 Å². The van der Waals surface area contributed by atoms with Crippen LogP contribution < -0.4 is 0 Å². The zero-order valence-electron chi connectivity index (χ0n) is 12.6. The molecule has 20 heavy (non-hydrogen) atoms. The molecule has 1 aliphatic rings. The van der Waals surface area contributed by atoms with Crippen LogP contribution in [0, 0.1) is 12.3 Å². The van der Waals surface area contributed by atoms with Gasteiger partial charge in [-0.05, 0) is 49.3 Å². The number of alkyl halides is 1. The Kier molecular flexibility index (Phi) is 3.53. The van der Waals surface area contributed by atoms with E-state index in [1.54, 1.807) is 0 Å². The third-order valence-corrected chi connectivity index (χ3v) is 4.82. The van der Waals surface area contributed by atoms with Crippen LogP contribution in [0.4, 0.5) is 0 Å². The van der Waals surface area contributed by atoms with Gasteiger partial charge < -0.3 is 4.57 Å². The quantitative estimate of drug-likeness (QED) is 0.693. The van der Waals surface area contributed by atoms with Crippen LogP contribution in [0.3, 0.4) is 0 Å². The molecule has 0 amide bonds. The molecule has 1 aliphatic carbocycles. The van der Waals surface area contributed by atoms with E-state index in [0.717, 1.165) is 11.3 Å². The van der Waals surface area contributed by atoms with Gasteiger partial charge in [0.25, 0.3) is 0 Å². The molecule has 1 aromatic heterocycles. The summed E-state index contributed by atoms with van der Waals surface area (Å²) in [6, 6.07) is 7.08. The Bertz CT molecular complexity index is 627. The van der Waals surface area contributed by atoms with Crippen LogP contribution in [0.1, 0.15) is 57.0 Å². The second kappa shape index (κ2) is 5.07. The first-order valence-corrected chi connectivity index (χ1v) is 8.07. The molecular formula is C17H23ClN2. The lowest BCUT2D eigenvalue weighted by atomic mass is 9.75. The Morgan fingerprint density at radius 2 is 2.20 bits per heavy atom. The molecule has 0 aliphatic heterocycles. The van der Waals surface area contributed by atoms with Gasteiger partial charge in [-0.2, -0.15) is 0 Å². The van der Waals surface area contributed by atoms with Gasteiger partial charge >= 0.3 is 0 Å². The highest BCUT2D eigenvalue weighted by Gasteiger charge is 2.30. The van der Waals surface area contributed by atoms with Crippen LogP contribution in [0.5, 0.6) is 0 Å². The summed E-state index contributed by atoms with van der Waals surface area (Å²) in [7, 11) is 0. The lowest BCUT2D eigenvalue weighted by Gasteiger charge is -2.36. The van der Waals surface area contributed by atoms with Gasteiger partial charge in [-0.25, -0.2) is 4.98 Å². The van der Waals surface area contributed by atoms with Gasteiger partial charge in [0.1, 0.15) is 5.82 Å². The Balaban J connectivity index is 2.09. The average molecular weight is 291 g/mol. The highest BCUT2D eigenvalue weighted by atomic mass is 35.5. The maximum atomic E-state index is 6.15. The Morgan fingerprint density at radius 3 is 2.90 bits per heavy atom. The summed E-state index contributed by atoms with van der Waals surface area (Å²) in [5.41, 5.74) is 4.01. The number of nitrogens with zero attached hydrogens (tertiary/aromatic N) is 2. The van der Waals surface area contributed by atoms with Crippen LogP contribution >= 0.6 is 11.6 Å². The Hall–Kier alpha value is -1.02. The first kappa shape index (κ1) is 13.9. The van der Waals surface area contributed by atoms with Crippen LogP contribution in [-0.4, -0.2) is 9.55 Å². The fourth-order valence-electron chi connectivity index (χ4n) is 3.64. The summed E-state index contributed by atoms with van der Waals surface area (Å²) >= 11 is 6.15. The first-order valence-electron chi connectivity index (χ1n) is 7.54. The Morgan fingerprint density at radius 1 is 1.40 bits per heavy atom. The van der Waals surface area contributed by atoms with Crippen molar-refractivity contribution in [2.75, 3.05) is 0 Å². The van der Waals surface area contributed by atoms with Crippen LogP contribution in [0.2, 0.25) is 0 Å². The number of aryl methyl sites for hydroxylation is 1. The molecule has 0 spiro atoms. The number of rotatable bonds is 2. The normalized spacial score (nSPS) is 22.3. The molecule has 3 heteroatoms. The molecule has 1 heterocycles. The van der Waals surface area contributed by atoms with E-state index in [1.165, 1.54) is 36.8 Å². The molecule has 1 atom stereocenters. The van der Waals surface area contributed by atoms with Crippen molar-refractivity contribution < 1.29 is 0 Å². The third-order valence-electron chi connectivity index (χ3n) is 4.58. The number of aromatic nitrogens is 2. The van der Waals surface area contributed by atoms with Gasteiger partial charge in [0.2, 0.25) is 0 Å². The summed E-state index contributed by atoms with van der Waals surface area (Å²) in [6.07, 6.45) is 5.08. The monoisotopic (exact) mass is 290 g/mol. The van der Waals surface area contributed by atoms with Crippen molar-refractivity contribution in [2.24, 2.45) is 5.41 Å². The predicted molar refractivity (Wildman–Crippen MR) is 85.3 cm³/mol. The molecule has 1 fully saturated rings. The first-order chi connectivity index (χ1) is 9.50. The second-order valence-corrected chi connectivity index (χ2v) is 7.21. The molecule has 1 aromatic carbocycles. The van der Waals surface area contributed by atoms with Gasteiger partial charge in [0.15, 0.2) is 0 Å². The minimum absolute atomic E-state index is 0.424. The van der Waals surface area contributed by atoms with E-state index < -0.39 is 0 Å². The van der Waals surface area contributed by atoms with Gasteiger partial charge in [-0.1, -0.05) is 26.3 Å². The van der Waals surface area contributed by atoms with Crippen molar-refractivity contribution >= 4 is 22.6 Å². The van der Waals surface area contributed by atoms with E-state index in [4.69, 9.17) is 16.6 Å². The highest BCUT2D eigenvalue weighted by molar-refractivity contribution is 6.16. The van der Waals surface area contributed by atoms with E-state index in [-0.39, 0.29) is 0 Å². The van der Waals surface area contributed by atoms with Gasteiger partial charge in [-0.3, -0.25) is 0 Å². The molecule has 1 unspecified atom stereocenters. The molecule has 2 nitrogen and oxygen atoms in total. The SMILES string of the molecule is Cc1ccc2c(c1)nc(CCl)n2C1CCCC(C)(C)C1. The second-order valence-electron chi connectivity index (χ2n) is 6.94. The molecule has 0 N–H and O–H groups in total. The number of hydrogen-bond acceptors (Lipinski definition) is 1. The molecule has 108 valence electrons. The van der Waals surface area contributed by atoms with Crippen LogP contribution in [0.25, 0.3) is 11.0 Å². The molecule has 0 saturated heterocycles. The van der Waals surface area contributed by atoms with Crippen molar-refractivity contribution in [1.82, 2.24) is 9.55 Å². The van der Waals surface area contributed by atoms with Gasteiger partial charge in [0, 0.05) is 6.04 Å². The zero-order valence-corrected chi connectivity index (χ0v) is 13.4. The number of benzene rings is 1. The van der Waals surface area contributed by atoms with Crippen molar-refractivity contribution in [2.45, 2.75) is 58.4 Å². The Labute approximate surface area is 126 Å². The lowest BCUT2D eigenvalue weighted by molar-refractivity contribution is 0.184. The number of halogens is 1. The van der Waals surface area contributed by atoms with Gasteiger partial charge in [-0.15, -0.1) is 11.6 Å². The summed E-state index contributed by atoms with van der Waals surface area (Å²) in [5, 5.41) is 0. The minimum Gasteiger partial charge on any atom is -0.324 e. The molecule has 3 rings (SSSR count). The third kappa shape index (κ3) is 2.46. The summed E-state index contributed by atoms with van der Waals surface area (Å²) in [6.45, 7) is 6.87. The standard InChI is InChI=1S/C17H23ClN2/c1-12-6-7-15-14(9-12)19-16(11-18)20(15)13-5-4-8-17(2,3)10-13/h6-7,9,13H,4-5,8,10-11H2,1-3H3. The van der Waals surface area contributed by atoms with Crippen molar-refractivity contribution in [3.05, 3.63) is 29.6 Å². The largest absolute Gasteiger partial charge is 0.324 e. The van der Waals surface area contributed by atoms with Crippen LogP contribution in [0.15, 0.2) is 18.2 Å². The molecular weight excluding hydrogens is 268 g/mol. The molecule has 1 saturated carbocycles. The zero-order chi connectivity index (χ0) is 14.3. The molecule has 2 aromatic rings. The smallest absolute Gasteiger partial charge is 0.125 e. The van der Waals surface area contributed by atoms with Crippen LogP contribution in [-0.2, 0) is 5.88 Å². The summed E-state index contributed by atoms with van der Waals surface area (Å²) in [5.74, 6) is 1.51. The predicted octanol–water partition coefficient (Wildman–Crippen LogP) is 5.22. The number of imidazole rings is 1.